The van der Waals surface area contributed by atoms with Crippen LogP contribution in [0.5, 0.6) is 0 Å². The lowest BCUT2D eigenvalue weighted by molar-refractivity contribution is -0.118. The van der Waals surface area contributed by atoms with Gasteiger partial charge in [-0.2, -0.15) is 5.26 Å². The van der Waals surface area contributed by atoms with Crippen LogP contribution in [0.2, 0.25) is 0 Å². The zero-order valence-electron chi connectivity index (χ0n) is 8.11. The molecule has 0 saturated heterocycles. The van der Waals surface area contributed by atoms with Crippen LogP contribution >= 0.6 is 12.2 Å². The Morgan fingerprint density at radius 2 is 2.31 bits per heavy atom. The first-order chi connectivity index (χ1) is 7.54. The van der Waals surface area contributed by atoms with Gasteiger partial charge in [0, 0.05) is 5.69 Å². The van der Waals surface area contributed by atoms with E-state index in [0.29, 0.717) is 5.69 Å². The van der Waals surface area contributed by atoms with Crippen LogP contribution in [0.1, 0.15) is 0 Å². The van der Waals surface area contributed by atoms with Crippen molar-refractivity contribution in [1.29, 1.82) is 5.26 Å². The zero-order chi connectivity index (χ0) is 12.1. The minimum atomic E-state index is -1.21. The summed E-state index contributed by atoms with van der Waals surface area (Å²) < 4.78 is 12.8. The predicted octanol–water partition coefficient (Wildman–Crippen LogP) is 1.19. The van der Waals surface area contributed by atoms with Gasteiger partial charge in [0.15, 0.2) is 5.92 Å². The van der Waals surface area contributed by atoms with E-state index < -0.39 is 17.6 Å². The number of benzene rings is 1. The number of hydrogen-bond acceptors (Lipinski definition) is 3. The fourth-order valence-corrected chi connectivity index (χ4v) is 1.32. The normalized spacial score (nSPS) is 11.2. The summed E-state index contributed by atoms with van der Waals surface area (Å²) in [6.45, 7) is 0. The molecule has 16 heavy (non-hydrogen) atoms. The molecule has 3 N–H and O–H groups in total. The van der Waals surface area contributed by atoms with Gasteiger partial charge in [-0.25, -0.2) is 4.39 Å². The Labute approximate surface area is 96.9 Å². The first-order valence-electron chi connectivity index (χ1n) is 4.30. The third-order valence-electron chi connectivity index (χ3n) is 1.77. The Bertz CT molecular complexity index is 469. The molecule has 0 aliphatic rings. The van der Waals surface area contributed by atoms with Crippen molar-refractivity contribution in [3.8, 4) is 6.07 Å². The molecule has 1 aromatic rings. The Hall–Kier alpha value is -2.00. The van der Waals surface area contributed by atoms with E-state index in [9.17, 15) is 9.18 Å². The topological polar surface area (TPSA) is 78.9 Å². The summed E-state index contributed by atoms with van der Waals surface area (Å²) >= 11 is 4.82. The van der Waals surface area contributed by atoms with Crippen LogP contribution in [0.25, 0.3) is 0 Å². The first kappa shape index (κ1) is 12.1. The number of carbonyl (C=O) groups is 1. The lowest BCUT2D eigenvalue weighted by Crippen LogP contribution is -2.32. The van der Waals surface area contributed by atoms with Gasteiger partial charge in [-0.1, -0.05) is 18.3 Å². The maximum atomic E-state index is 12.8. The van der Waals surface area contributed by atoms with E-state index in [1.807, 2.05) is 0 Å². The molecular formula is C10H8FN3OS. The van der Waals surface area contributed by atoms with Crippen LogP contribution in [0.15, 0.2) is 24.3 Å². The van der Waals surface area contributed by atoms with Crippen LogP contribution in [0.4, 0.5) is 10.1 Å². The van der Waals surface area contributed by atoms with Crippen LogP contribution in [0, 0.1) is 23.1 Å². The summed E-state index contributed by atoms with van der Waals surface area (Å²) in [6.07, 6.45) is 0. The minimum absolute atomic E-state index is 0.0411. The number of nitriles is 1. The highest BCUT2D eigenvalue weighted by atomic mass is 32.1. The van der Waals surface area contributed by atoms with Crippen molar-refractivity contribution in [2.75, 3.05) is 5.32 Å². The maximum Gasteiger partial charge on any atom is 0.241 e. The summed E-state index contributed by atoms with van der Waals surface area (Å²) in [7, 11) is 0. The van der Waals surface area contributed by atoms with E-state index in [1.54, 1.807) is 12.1 Å². The van der Waals surface area contributed by atoms with Gasteiger partial charge >= 0.3 is 0 Å². The molecule has 6 heteroatoms. The van der Waals surface area contributed by atoms with Crippen LogP contribution in [-0.2, 0) is 4.79 Å². The Balaban J connectivity index is 2.79. The van der Waals surface area contributed by atoms with Crippen LogP contribution in [0.3, 0.4) is 0 Å². The van der Waals surface area contributed by atoms with E-state index in [4.69, 9.17) is 23.2 Å². The second kappa shape index (κ2) is 5.19. The number of primary amides is 1. The van der Waals surface area contributed by atoms with Gasteiger partial charge in [0.25, 0.3) is 0 Å². The monoisotopic (exact) mass is 237 g/mol. The second-order valence-corrected chi connectivity index (χ2v) is 3.40. The standard InChI is InChI=1S/C10H8FN3OS/c11-6-2-1-3-7(4-6)14-10(16)8(5-12)9(13)15/h1-4,8H,(H2,13,15)(H,14,16). The fourth-order valence-electron chi connectivity index (χ4n) is 1.03. The van der Waals surface area contributed by atoms with E-state index in [0.717, 1.165) is 0 Å². The Morgan fingerprint density at radius 1 is 1.62 bits per heavy atom. The summed E-state index contributed by atoms with van der Waals surface area (Å²) in [5.74, 6) is -2.49. The summed E-state index contributed by atoms with van der Waals surface area (Å²) in [5.41, 5.74) is 5.34. The zero-order valence-corrected chi connectivity index (χ0v) is 8.92. The molecule has 0 bridgehead atoms. The van der Waals surface area contributed by atoms with Gasteiger partial charge in [0.2, 0.25) is 5.91 Å². The molecule has 0 aromatic heterocycles. The fraction of sp³-hybridized carbons (Fsp3) is 0.100. The predicted molar refractivity (Wildman–Crippen MR) is 60.9 cm³/mol. The van der Waals surface area contributed by atoms with Crippen molar-refractivity contribution >= 4 is 28.8 Å². The summed E-state index contributed by atoms with van der Waals surface area (Å²) in [5, 5.41) is 11.2. The lowest BCUT2D eigenvalue weighted by Gasteiger charge is -2.09. The molecule has 1 atom stereocenters. The van der Waals surface area contributed by atoms with Gasteiger partial charge in [-0.15, -0.1) is 0 Å². The molecule has 0 heterocycles. The average molecular weight is 237 g/mol. The van der Waals surface area contributed by atoms with Gasteiger partial charge < -0.3 is 11.1 Å². The molecule has 1 aromatic carbocycles. The lowest BCUT2D eigenvalue weighted by atomic mass is 10.1. The molecular weight excluding hydrogens is 229 g/mol. The van der Waals surface area contributed by atoms with E-state index >= 15 is 0 Å². The maximum absolute atomic E-state index is 12.8. The number of thiocarbonyl (C=S) groups is 1. The molecule has 0 aliphatic carbocycles. The highest BCUT2D eigenvalue weighted by Crippen LogP contribution is 2.11. The SMILES string of the molecule is N#CC(C(N)=O)C(=S)Nc1cccc(F)c1. The highest BCUT2D eigenvalue weighted by Gasteiger charge is 2.19. The quantitative estimate of drug-likeness (QED) is 0.774. The molecule has 0 radical (unpaired) electrons. The summed E-state index contributed by atoms with van der Waals surface area (Å²) in [4.78, 5) is 10.8. The number of amides is 1. The van der Waals surface area contributed by atoms with Crippen molar-refractivity contribution in [2.45, 2.75) is 0 Å². The highest BCUT2D eigenvalue weighted by molar-refractivity contribution is 7.80. The molecule has 0 saturated carbocycles. The first-order valence-corrected chi connectivity index (χ1v) is 4.71. The van der Waals surface area contributed by atoms with Crippen molar-refractivity contribution in [3.05, 3.63) is 30.1 Å². The van der Waals surface area contributed by atoms with Gasteiger partial charge in [-0.3, -0.25) is 4.79 Å². The van der Waals surface area contributed by atoms with E-state index in [1.165, 1.54) is 18.2 Å². The van der Waals surface area contributed by atoms with Gasteiger partial charge in [0.05, 0.1) is 6.07 Å². The molecule has 82 valence electrons. The van der Waals surface area contributed by atoms with Crippen molar-refractivity contribution in [1.82, 2.24) is 0 Å². The van der Waals surface area contributed by atoms with E-state index in [2.05, 4.69) is 5.32 Å². The average Bonchev–Trinajstić information content (AvgIpc) is 2.17. The number of rotatable bonds is 3. The molecule has 0 spiro atoms. The number of hydrogen-bond donors (Lipinski definition) is 2. The number of halogens is 1. The van der Waals surface area contributed by atoms with Gasteiger partial charge in [-0.05, 0) is 18.2 Å². The number of anilines is 1. The number of carbonyl (C=O) groups excluding carboxylic acids is 1. The Morgan fingerprint density at radius 3 is 2.81 bits per heavy atom. The third kappa shape index (κ3) is 3.00. The van der Waals surface area contributed by atoms with Crippen LogP contribution in [-0.4, -0.2) is 10.9 Å². The van der Waals surface area contributed by atoms with Gasteiger partial charge in [0.1, 0.15) is 10.8 Å². The van der Waals surface area contributed by atoms with Crippen molar-refractivity contribution in [3.63, 3.8) is 0 Å². The molecule has 0 aliphatic heterocycles. The smallest absolute Gasteiger partial charge is 0.241 e. The molecule has 0 fully saturated rings. The van der Waals surface area contributed by atoms with Crippen LogP contribution < -0.4 is 11.1 Å². The van der Waals surface area contributed by atoms with Crippen molar-refractivity contribution < 1.29 is 9.18 Å². The Kier molecular flexibility index (Phi) is 3.91. The third-order valence-corrected chi connectivity index (χ3v) is 2.11. The largest absolute Gasteiger partial charge is 0.368 e. The second-order valence-electron chi connectivity index (χ2n) is 2.96. The number of nitrogens with two attached hydrogens (primary N) is 1. The molecule has 1 rings (SSSR count). The molecule has 1 amide bonds. The molecule has 1 unspecified atom stereocenters. The van der Waals surface area contributed by atoms with E-state index in [-0.39, 0.29) is 4.99 Å². The summed E-state index contributed by atoms with van der Waals surface area (Å²) in [6, 6.07) is 7.17. The molecule has 4 nitrogen and oxygen atoms in total. The minimum Gasteiger partial charge on any atom is -0.368 e. The number of nitrogens with zero attached hydrogens (tertiary/aromatic N) is 1. The number of nitrogens with one attached hydrogen (secondary N) is 1. The van der Waals surface area contributed by atoms with Crippen molar-refractivity contribution in [2.24, 2.45) is 11.7 Å².